The summed E-state index contributed by atoms with van der Waals surface area (Å²) in [6, 6.07) is 11.3. The lowest BCUT2D eigenvalue weighted by atomic mass is 9.79. The summed E-state index contributed by atoms with van der Waals surface area (Å²) in [4.78, 5) is 28.6. The summed E-state index contributed by atoms with van der Waals surface area (Å²) in [6.07, 6.45) is 6.66. The number of fused-ring (bicyclic) bond motifs is 6. The summed E-state index contributed by atoms with van der Waals surface area (Å²) < 4.78 is 237. The van der Waals surface area contributed by atoms with E-state index < -0.39 is 129 Å². The quantitative estimate of drug-likeness (QED) is 0.0148. The van der Waals surface area contributed by atoms with Crippen LogP contribution in [0.4, 0.5) is 16.5 Å². The van der Waals surface area contributed by atoms with Gasteiger partial charge in [-0.05, 0) is 104 Å². The smallest absolute Gasteiger partial charge is 0.295 e. The molecular weight excluding hydrogens is 1330 g/mol. The molecule has 0 aliphatic carbocycles. The van der Waals surface area contributed by atoms with Gasteiger partial charge in [0.05, 0.1) is 42.3 Å². The van der Waals surface area contributed by atoms with Crippen LogP contribution in [-0.4, -0.2) is 155 Å². The molecular formula is C51H54N8O22S8. The van der Waals surface area contributed by atoms with Crippen LogP contribution in [0.3, 0.4) is 0 Å². The Labute approximate surface area is 514 Å². The van der Waals surface area contributed by atoms with Crippen molar-refractivity contribution in [3.63, 3.8) is 0 Å². The number of rotatable bonds is 23. The van der Waals surface area contributed by atoms with Crippen LogP contribution in [0.1, 0.15) is 80.6 Å². The second kappa shape index (κ2) is 24.4. The minimum atomic E-state index is -5.19. The number of primary sulfonamides is 1. The van der Waals surface area contributed by atoms with Crippen LogP contribution in [0.15, 0.2) is 121 Å². The first-order chi connectivity index (χ1) is 40.9. The number of nitrogens with two attached hydrogens (primary N) is 1. The van der Waals surface area contributed by atoms with Crippen LogP contribution < -0.4 is 20.7 Å². The van der Waals surface area contributed by atoms with Crippen LogP contribution in [0.2, 0.25) is 0 Å². The van der Waals surface area contributed by atoms with E-state index in [1.807, 2.05) is 0 Å². The summed E-state index contributed by atoms with van der Waals surface area (Å²) in [5, 5.41) is 16.4. The van der Waals surface area contributed by atoms with Crippen molar-refractivity contribution in [2.75, 3.05) is 41.4 Å². The number of amides is 2. The summed E-state index contributed by atoms with van der Waals surface area (Å²) in [5.74, 6) is -2.85. The zero-order chi connectivity index (χ0) is 66.0. The average molecular weight is 1390 g/mol. The molecule has 0 bridgehead atoms. The van der Waals surface area contributed by atoms with E-state index in [1.165, 1.54) is 66.9 Å². The Balaban J connectivity index is 1.27. The normalized spacial score (nSPS) is 16.2. The highest BCUT2D eigenvalue weighted by molar-refractivity contribution is 7.91. The molecule has 89 heavy (non-hydrogen) atoms. The third-order valence-corrected chi connectivity index (χ3v) is 21.6. The van der Waals surface area contributed by atoms with Gasteiger partial charge in [0.15, 0.2) is 5.71 Å². The second-order valence-electron chi connectivity index (χ2n) is 21.3. The summed E-state index contributed by atoms with van der Waals surface area (Å²) in [6.45, 7) is 6.09. The van der Waals surface area contributed by atoms with Crippen molar-refractivity contribution in [1.29, 1.82) is 0 Å². The maximum absolute atomic E-state index is 13.5. The Bertz CT molecular complexity index is 4950. The van der Waals surface area contributed by atoms with Gasteiger partial charge in [0, 0.05) is 88.7 Å². The van der Waals surface area contributed by atoms with Gasteiger partial charge in [-0.3, -0.25) is 37.3 Å². The third-order valence-electron chi connectivity index (χ3n) is 14.4. The van der Waals surface area contributed by atoms with Crippen molar-refractivity contribution in [2.45, 2.75) is 88.1 Å². The lowest BCUT2D eigenvalue weighted by Crippen LogP contribution is -2.28. The van der Waals surface area contributed by atoms with Crippen LogP contribution in [-0.2, 0) is 86.4 Å². The Morgan fingerprint density at radius 2 is 1.30 bits per heavy atom. The molecule has 0 unspecified atom stereocenters. The molecule has 2 aromatic heterocycles. The highest BCUT2D eigenvalue weighted by atomic mass is 32.3. The summed E-state index contributed by atoms with van der Waals surface area (Å²) >= 11 is 0.528. The van der Waals surface area contributed by atoms with Gasteiger partial charge in [0.2, 0.25) is 21.1 Å². The summed E-state index contributed by atoms with van der Waals surface area (Å²) in [7, 11) is -34.2. The molecule has 2 aliphatic heterocycles. The zero-order valence-electron chi connectivity index (χ0n) is 46.8. The lowest BCUT2D eigenvalue weighted by Gasteiger charge is -2.27. The van der Waals surface area contributed by atoms with Crippen molar-refractivity contribution >= 4 is 143 Å². The molecule has 0 radical (unpaired) electrons. The molecule has 9 N–H and O–H groups in total. The monoisotopic (exact) mass is 1390 g/mol. The number of carbonyl (C=O) groups excluding carboxylic acids is 2. The van der Waals surface area contributed by atoms with E-state index in [1.54, 1.807) is 37.2 Å². The lowest BCUT2D eigenvalue weighted by molar-refractivity contribution is -0.437. The number of anilines is 2. The van der Waals surface area contributed by atoms with Gasteiger partial charge in [0.1, 0.15) is 16.3 Å². The molecule has 38 heteroatoms. The van der Waals surface area contributed by atoms with E-state index in [0.717, 1.165) is 12.1 Å². The second-order valence-corrected chi connectivity index (χ2v) is 32.7. The van der Waals surface area contributed by atoms with Crippen molar-refractivity contribution in [3.05, 3.63) is 119 Å². The predicted molar refractivity (Wildman–Crippen MR) is 321 cm³/mol. The highest BCUT2D eigenvalue weighted by Crippen LogP contribution is 2.52. The molecule has 30 nitrogen and oxygen atoms in total. The van der Waals surface area contributed by atoms with Crippen LogP contribution >= 0.6 is 11.3 Å². The Hall–Kier alpha value is -6.89. The molecule has 0 saturated heterocycles. The summed E-state index contributed by atoms with van der Waals surface area (Å²) in [5.41, 5.74) is -0.936. The topological polar surface area (TPSA) is 492 Å². The maximum atomic E-state index is 13.5. The standard InChI is InChI=1S/C51H54N8O22S8/c1-50(2)42(58(20-6-22-83(62,63)64)38-15-12-33-35(45(38)50)24-31(86(70,71)72)26-40(33)88(76,77)78)17-10-29(37-14-9-30(28-54-37)47(61)53-19-5-8-44(60)55-48-56-57-49(82-48)85(52,68)69)11-18-43-51(3,4)46-36-25-32(87(73,74)75)27-41(89(79,80)81)34(36)13-16-39(46)59(43)21-7-23-84(65,66)67/h9-18,24-28H,5-8,19-23H2,1-4H3,(H9-,52,53,55,56,60,61,62,63,64,65,66,67,68,69,70,71,72,73,74,75,76,77,78,79,80,81). The van der Waals surface area contributed by atoms with Crippen molar-refractivity contribution < 1.29 is 100 Å². The zero-order valence-corrected chi connectivity index (χ0v) is 53.3. The first-order valence-electron chi connectivity index (χ1n) is 25.8. The minimum Gasteiger partial charge on any atom is -0.748 e. The van der Waals surface area contributed by atoms with Crippen LogP contribution in [0.5, 0.6) is 0 Å². The number of carbonyl (C=O) groups is 2. The molecule has 478 valence electrons. The molecule has 0 fully saturated rings. The van der Waals surface area contributed by atoms with E-state index in [4.69, 9.17) is 5.14 Å². The maximum Gasteiger partial charge on any atom is 0.295 e. The van der Waals surface area contributed by atoms with Gasteiger partial charge in [-0.1, -0.05) is 37.3 Å². The van der Waals surface area contributed by atoms with E-state index in [9.17, 15) is 95.8 Å². The fourth-order valence-corrected chi connectivity index (χ4v) is 15.7. The van der Waals surface area contributed by atoms with Crippen LogP contribution in [0, 0.1) is 0 Å². The number of sulfonamides is 1. The number of nitrogens with zero attached hydrogens (tertiary/aromatic N) is 5. The van der Waals surface area contributed by atoms with Crippen molar-refractivity contribution in [3.8, 4) is 0 Å². The number of benzene rings is 4. The Morgan fingerprint density at radius 1 is 0.708 bits per heavy atom. The first-order valence-corrected chi connectivity index (χ1v) is 37.1. The van der Waals surface area contributed by atoms with Gasteiger partial charge < -0.3 is 20.1 Å². The van der Waals surface area contributed by atoms with Gasteiger partial charge in [-0.25, -0.2) is 22.0 Å². The number of hydrogen-bond acceptors (Lipinski definition) is 22. The number of pyridine rings is 1. The number of aromatic nitrogens is 3. The highest BCUT2D eigenvalue weighted by Gasteiger charge is 2.47. The fourth-order valence-electron chi connectivity index (χ4n) is 10.7. The van der Waals surface area contributed by atoms with Crippen molar-refractivity contribution in [2.24, 2.45) is 5.14 Å². The van der Waals surface area contributed by atoms with Gasteiger partial charge in [-0.2, -0.15) is 46.7 Å². The Kier molecular flexibility index (Phi) is 18.6. The van der Waals surface area contributed by atoms with Gasteiger partial charge in [0.25, 0.3) is 66.5 Å². The number of allylic oxidation sites excluding steroid dienone is 6. The first kappa shape index (κ1) is 68.0. The van der Waals surface area contributed by atoms with E-state index in [-0.39, 0.29) is 117 Å². The largest absolute Gasteiger partial charge is 0.748 e. The molecule has 0 spiro atoms. The molecule has 6 aromatic rings. The van der Waals surface area contributed by atoms with Gasteiger partial charge >= 0.3 is 0 Å². The fraction of sp³-hybridized carbons (Fsp3) is 0.294. The van der Waals surface area contributed by atoms with Crippen molar-refractivity contribution in [1.82, 2.24) is 20.5 Å². The molecule has 8 rings (SSSR count). The van der Waals surface area contributed by atoms with E-state index >= 15 is 0 Å². The number of nitrogens with one attached hydrogen (secondary N) is 2. The average Bonchev–Trinajstić information content (AvgIpc) is 1.62. The van der Waals surface area contributed by atoms with Crippen LogP contribution in [0.25, 0.3) is 27.1 Å². The minimum absolute atomic E-state index is 0.00344. The predicted octanol–water partition coefficient (Wildman–Crippen LogP) is 3.93. The van der Waals surface area contributed by atoms with Gasteiger partial charge in [-0.15, -0.1) is 10.2 Å². The van der Waals surface area contributed by atoms with E-state index in [2.05, 4.69) is 25.8 Å². The third kappa shape index (κ3) is 15.1. The molecule has 0 atom stereocenters. The molecule has 2 amide bonds. The Morgan fingerprint density at radius 3 is 1.83 bits per heavy atom. The van der Waals surface area contributed by atoms with E-state index in [0.29, 0.717) is 29.2 Å². The molecule has 0 saturated carbocycles. The molecule has 2 aliphatic rings. The number of hydrogen-bond donors (Lipinski definition) is 8. The SMILES string of the molecule is CC1(C)C(/C=C/C(=C/C=C2/N(CCCS(=O)(=O)O)c3ccc4c(S(=O)(=O)O)cc(S(=O)(=O)O)cc4c3C2(C)C)c2ccc(C(=O)NCCCC(=O)Nc3nnc(S(N)(=O)=O)s3)cn2)=[N+](CCCS(=O)(=O)[O-])c2ccc3c(S(=O)(=O)O)cc(S(=O)(=O)O)cc3c21. The molecule has 4 aromatic carbocycles. The molecule has 4 heterocycles.